The lowest BCUT2D eigenvalue weighted by molar-refractivity contribution is -0.119. The Bertz CT molecular complexity index is 1770. The first-order chi connectivity index (χ1) is 18.8. The number of amides is 1. The normalized spacial score (nSPS) is 11.6. The molecule has 0 saturated carbocycles. The molecule has 40 heavy (non-hydrogen) atoms. The maximum Gasteiger partial charge on any atom is 0.342 e. The van der Waals surface area contributed by atoms with E-state index in [9.17, 15) is 26.4 Å². The van der Waals surface area contributed by atoms with Crippen molar-refractivity contribution in [3.63, 3.8) is 0 Å². The van der Waals surface area contributed by atoms with Crippen LogP contribution in [0.1, 0.15) is 10.4 Å². The standard InChI is InChI=1S/C25H23N5O8S2/c1-37-19-8-2-16(3-9-19)24-22(14-30(29-24)18-6-12-21(13-7-18)40(27,35)36)25(32)38-15-23(31)28-17-4-10-20(11-5-17)39(26,33)34/h2-14H,15H2,1H3,(H,28,31)(H2,26,33,34)(H2,27,35,36). The molecule has 0 fully saturated rings. The highest BCUT2D eigenvalue weighted by molar-refractivity contribution is 7.89. The number of anilines is 1. The van der Waals surface area contributed by atoms with Crippen molar-refractivity contribution in [1.82, 2.24) is 9.78 Å². The summed E-state index contributed by atoms with van der Waals surface area (Å²) in [5, 5.41) is 17.2. The third kappa shape index (κ3) is 6.70. The van der Waals surface area contributed by atoms with E-state index < -0.39 is 38.5 Å². The van der Waals surface area contributed by atoms with Crippen molar-refractivity contribution >= 4 is 37.6 Å². The molecule has 13 nitrogen and oxygen atoms in total. The minimum absolute atomic E-state index is 0.0333. The molecule has 0 aliphatic heterocycles. The summed E-state index contributed by atoms with van der Waals surface area (Å²) in [6.45, 7) is -0.647. The number of nitrogens with two attached hydrogens (primary N) is 2. The fourth-order valence-corrected chi connectivity index (χ4v) is 4.57. The molecule has 1 heterocycles. The molecule has 3 aromatic carbocycles. The van der Waals surface area contributed by atoms with Gasteiger partial charge in [0.1, 0.15) is 17.0 Å². The summed E-state index contributed by atoms with van der Waals surface area (Å²) in [7, 11) is -6.28. The zero-order chi connectivity index (χ0) is 29.1. The molecule has 0 radical (unpaired) electrons. The highest BCUT2D eigenvalue weighted by Crippen LogP contribution is 2.27. The van der Waals surface area contributed by atoms with Crippen molar-refractivity contribution in [2.45, 2.75) is 9.79 Å². The van der Waals surface area contributed by atoms with Crippen LogP contribution in [-0.4, -0.2) is 52.2 Å². The summed E-state index contributed by atoms with van der Waals surface area (Å²) < 4.78 is 57.7. The van der Waals surface area contributed by atoms with Crippen LogP contribution in [0, 0.1) is 0 Å². The molecule has 4 rings (SSSR count). The van der Waals surface area contributed by atoms with Gasteiger partial charge in [-0.3, -0.25) is 4.79 Å². The van der Waals surface area contributed by atoms with Crippen LogP contribution in [0.15, 0.2) is 88.8 Å². The van der Waals surface area contributed by atoms with Crippen LogP contribution < -0.4 is 20.3 Å². The van der Waals surface area contributed by atoms with Crippen LogP contribution in [-0.2, 0) is 29.6 Å². The highest BCUT2D eigenvalue weighted by Gasteiger charge is 2.21. The van der Waals surface area contributed by atoms with E-state index in [1.165, 1.54) is 66.5 Å². The second-order valence-corrected chi connectivity index (χ2v) is 11.4. The fourth-order valence-electron chi connectivity index (χ4n) is 3.54. The number of ether oxygens (including phenoxy) is 2. The van der Waals surface area contributed by atoms with Gasteiger partial charge in [0, 0.05) is 17.4 Å². The number of carbonyl (C=O) groups excluding carboxylic acids is 2. The molecular formula is C25H23N5O8S2. The Labute approximate surface area is 229 Å². The van der Waals surface area contributed by atoms with Crippen LogP contribution in [0.3, 0.4) is 0 Å². The number of primary sulfonamides is 2. The number of esters is 1. The molecule has 15 heteroatoms. The Morgan fingerprint density at radius 3 is 1.93 bits per heavy atom. The number of rotatable bonds is 9. The van der Waals surface area contributed by atoms with Crippen LogP contribution in [0.5, 0.6) is 5.75 Å². The Hall–Kier alpha value is -4.57. The van der Waals surface area contributed by atoms with Gasteiger partial charge < -0.3 is 14.8 Å². The van der Waals surface area contributed by atoms with E-state index in [0.29, 0.717) is 17.0 Å². The summed E-state index contributed by atoms with van der Waals surface area (Å²) in [6, 6.07) is 17.4. The molecule has 1 aromatic heterocycles. The van der Waals surface area contributed by atoms with Crippen molar-refractivity contribution in [2.24, 2.45) is 10.3 Å². The van der Waals surface area contributed by atoms with Crippen molar-refractivity contribution < 1.29 is 35.9 Å². The Kier molecular flexibility index (Phi) is 8.01. The van der Waals surface area contributed by atoms with Crippen molar-refractivity contribution in [3.8, 4) is 22.7 Å². The molecule has 0 unspecified atom stereocenters. The van der Waals surface area contributed by atoms with Gasteiger partial charge in [-0.05, 0) is 72.8 Å². The van der Waals surface area contributed by atoms with Crippen LogP contribution >= 0.6 is 0 Å². The van der Waals surface area contributed by atoms with Gasteiger partial charge in [0.2, 0.25) is 20.0 Å². The quantitative estimate of drug-likeness (QED) is 0.244. The minimum atomic E-state index is -3.90. The predicted molar refractivity (Wildman–Crippen MR) is 144 cm³/mol. The second kappa shape index (κ2) is 11.3. The number of benzene rings is 3. The van der Waals surface area contributed by atoms with Gasteiger partial charge in [-0.25, -0.2) is 36.6 Å². The molecule has 0 bridgehead atoms. The third-order valence-electron chi connectivity index (χ3n) is 5.53. The first kappa shape index (κ1) is 28.4. The van der Waals surface area contributed by atoms with Gasteiger partial charge in [-0.2, -0.15) is 5.10 Å². The van der Waals surface area contributed by atoms with Gasteiger partial charge in [0.25, 0.3) is 5.91 Å². The number of hydrogen-bond acceptors (Lipinski definition) is 9. The number of nitrogens with one attached hydrogen (secondary N) is 1. The Balaban J connectivity index is 1.56. The summed E-state index contributed by atoms with van der Waals surface area (Å²) in [6.07, 6.45) is 1.39. The average Bonchev–Trinajstić information content (AvgIpc) is 3.37. The lowest BCUT2D eigenvalue weighted by Crippen LogP contribution is -2.21. The monoisotopic (exact) mass is 585 g/mol. The van der Waals surface area contributed by atoms with E-state index in [4.69, 9.17) is 19.8 Å². The van der Waals surface area contributed by atoms with Gasteiger partial charge in [0.05, 0.1) is 22.6 Å². The lowest BCUT2D eigenvalue weighted by Gasteiger charge is -2.07. The Morgan fingerprint density at radius 1 is 0.850 bits per heavy atom. The first-order valence-electron chi connectivity index (χ1n) is 11.3. The number of nitrogens with zero attached hydrogens (tertiary/aromatic N) is 2. The van der Waals surface area contributed by atoms with Gasteiger partial charge in [-0.15, -0.1) is 0 Å². The molecule has 5 N–H and O–H groups in total. The lowest BCUT2D eigenvalue weighted by atomic mass is 10.1. The summed E-state index contributed by atoms with van der Waals surface area (Å²) in [4.78, 5) is 25.2. The average molecular weight is 586 g/mol. The van der Waals surface area contributed by atoms with Gasteiger partial charge >= 0.3 is 5.97 Å². The molecule has 0 saturated heterocycles. The fraction of sp³-hybridized carbons (Fsp3) is 0.0800. The number of aromatic nitrogens is 2. The second-order valence-electron chi connectivity index (χ2n) is 8.30. The van der Waals surface area contributed by atoms with Crippen LogP contribution in [0.25, 0.3) is 16.9 Å². The van der Waals surface area contributed by atoms with E-state index in [2.05, 4.69) is 10.4 Å². The Morgan fingerprint density at radius 2 is 1.40 bits per heavy atom. The van der Waals surface area contributed by atoms with Gasteiger partial charge in [0.15, 0.2) is 6.61 Å². The van der Waals surface area contributed by atoms with E-state index in [0.717, 1.165) is 0 Å². The highest BCUT2D eigenvalue weighted by atomic mass is 32.2. The van der Waals surface area contributed by atoms with E-state index in [1.54, 1.807) is 24.3 Å². The summed E-state index contributed by atoms with van der Waals surface area (Å²) in [5.74, 6) is -0.939. The summed E-state index contributed by atoms with van der Waals surface area (Å²) in [5.41, 5.74) is 1.52. The smallest absolute Gasteiger partial charge is 0.342 e. The van der Waals surface area contributed by atoms with Crippen LogP contribution in [0.2, 0.25) is 0 Å². The molecular weight excluding hydrogens is 562 g/mol. The van der Waals surface area contributed by atoms with Crippen molar-refractivity contribution in [3.05, 3.63) is 84.6 Å². The number of sulfonamides is 2. The molecule has 0 atom stereocenters. The number of hydrogen-bond donors (Lipinski definition) is 3. The first-order valence-corrected chi connectivity index (χ1v) is 14.4. The van der Waals surface area contributed by atoms with Crippen molar-refractivity contribution in [2.75, 3.05) is 19.0 Å². The molecule has 0 spiro atoms. The van der Waals surface area contributed by atoms with Gasteiger partial charge in [-0.1, -0.05) is 0 Å². The molecule has 1 amide bonds. The summed E-state index contributed by atoms with van der Waals surface area (Å²) >= 11 is 0. The molecule has 4 aromatic rings. The number of carbonyl (C=O) groups is 2. The zero-order valence-corrected chi connectivity index (χ0v) is 22.5. The molecule has 0 aliphatic carbocycles. The maximum absolute atomic E-state index is 13.0. The number of methoxy groups -OCH3 is 1. The predicted octanol–water partition coefficient (Wildman–Crippen LogP) is 1.64. The minimum Gasteiger partial charge on any atom is -0.497 e. The topological polar surface area (TPSA) is 203 Å². The SMILES string of the molecule is COc1ccc(-c2nn(-c3ccc(S(N)(=O)=O)cc3)cc2C(=O)OCC(=O)Nc2ccc(S(N)(=O)=O)cc2)cc1. The van der Waals surface area contributed by atoms with E-state index in [-0.39, 0.29) is 26.7 Å². The maximum atomic E-state index is 13.0. The third-order valence-corrected chi connectivity index (χ3v) is 7.39. The van der Waals surface area contributed by atoms with Crippen molar-refractivity contribution in [1.29, 1.82) is 0 Å². The molecule has 208 valence electrons. The van der Waals surface area contributed by atoms with E-state index >= 15 is 0 Å². The molecule has 0 aliphatic rings. The van der Waals surface area contributed by atoms with E-state index in [1.807, 2.05) is 0 Å². The largest absolute Gasteiger partial charge is 0.497 e. The van der Waals surface area contributed by atoms with Crippen LogP contribution in [0.4, 0.5) is 5.69 Å². The zero-order valence-electron chi connectivity index (χ0n) is 20.8.